The van der Waals surface area contributed by atoms with Crippen LogP contribution in [0.25, 0.3) is 0 Å². The number of aryl methyl sites for hydroxylation is 1. The standard InChI is InChI=1S/C22H32N6O2S/c1-4-27(5-2)31(29,30)28-15-9-12-20(28)21-24-17(3)19-11-8-14-26(22(19)25-21)16-18-10-6-7-13-23-18/h6-7,10,13,20H,4-5,8-9,11-12,14-16H2,1-3H3/t20-/m0/s1. The van der Waals surface area contributed by atoms with E-state index in [2.05, 4.69) is 9.88 Å². The van der Waals surface area contributed by atoms with E-state index in [1.807, 2.05) is 45.2 Å². The molecule has 0 bridgehead atoms. The van der Waals surface area contributed by atoms with Gasteiger partial charge in [0.25, 0.3) is 10.2 Å². The van der Waals surface area contributed by atoms with Gasteiger partial charge < -0.3 is 4.90 Å². The lowest BCUT2D eigenvalue weighted by molar-refractivity contribution is 0.330. The van der Waals surface area contributed by atoms with Crippen molar-refractivity contribution in [3.8, 4) is 0 Å². The molecule has 0 spiro atoms. The van der Waals surface area contributed by atoms with Crippen molar-refractivity contribution in [2.24, 2.45) is 0 Å². The fourth-order valence-corrected chi connectivity index (χ4v) is 6.50. The normalized spacial score (nSPS) is 19.7. The van der Waals surface area contributed by atoms with Gasteiger partial charge in [0, 0.05) is 43.6 Å². The van der Waals surface area contributed by atoms with Crippen molar-refractivity contribution >= 4 is 16.0 Å². The zero-order valence-corrected chi connectivity index (χ0v) is 19.5. The van der Waals surface area contributed by atoms with Gasteiger partial charge in [0.05, 0.1) is 18.3 Å². The maximum Gasteiger partial charge on any atom is 0.282 e. The first-order chi connectivity index (χ1) is 15.0. The quantitative estimate of drug-likeness (QED) is 0.653. The molecule has 8 nitrogen and oxygen atoms in total. The predicted octanol–water partition coefficient (Wildman–Crippen LogP) is 2.86. The molecule has 9 heteroatoms. The Morgan fingerprint density at radius 3 is 2.65 bits per heavy atom. The van der Waals surface area contributed by atoms with Crippen molar-refractivity contribution in [2.45, 2.75) is 59.0 Å². The van der Waals surface area contributed by atoms with Gasteiger partial charge in [-0.15, -0.1) is 0 Å². The molecule has 0 aromatic carbocycles. The van der Waals surface area contributed by atoms with Crippen LogP contribution in [-0.4, -0.2) is 58.2 Å². The second-order valence-corrected chi connectivity index (χ2v) is 10.1. The van der Waals surface area contributed by atoms with E-state index in [0.29, 0.717) is 32.0 Å². The van der Waals surface area contributed by atoms with Crippen LogP contribution in [0.3, 0.4) is 0 Å². The number of hydrogen-bond donors (Lipinski definition) is 0. The smallest absolute Gasteiger partial charge is 0.282 e. The van der Waals surface area contributed by atoms with E-state index in [4.69, 9.17) is 9.97 Å². The van der Waals surface area contributed by atoms with E-state index >= 15 is 0 Å². The van der Waals surface area contributed by atoms with Gasteiger partial charge in [0.15, 0.2) is 0 Å². The molecule has 2 aromatic rings. The molecule has 4 rings (SSSR count). The summed E-state index contributed by atoms with van der Waals surface area (Å²) in [5.41, 5.74) is 3.12. The molecule has 0 unspecified atom stereocenters. The summed E-state index contributed by atoms with van der Waals surface area (Å²) in [6.07, 6.45) is 5.38. The summed E-state index contributed by atoms with van der Waals surface area (Å²) < 4.78 is 29.6. The van der Waals surface area contributed by atoms with Gasteiger partial charge in [0.1, 0.15) is 11.6 Å². The van der Waals surface area contributed by atoms with Gasteiger partial charge in [-0.1, -0.05) is 19.9 Å². The largest absolute Gasteiger partial charge is 0.350 e. The molecule has 31 heavy (non-hydrogen) atoms. The summed E-state index contributed by atoms with van der Waals surface area (Å²) in [6, 6.07) is 5.63. The molecule has 4 heterocycles. The molecule has 168 valence electrons. The molecule has 0 N–H and O–H groups in total. The maximum absolute atomic E-state index is 13.2. The first-order valence-electron chi connectivity index (χ1n) is 11.2. The first kappa shape index (κ1) is 22.1. The molecule has 1 fully saturated rings. The van der Waals surface area contributed by atoms with Crippen LogP contribution in [0.15, 0.2) is 24.4 Å². The lowest BCUT2D eigenvalue weighted by Gasteiger charge is -2.33. The third kappa shape index (κ3) is 4.31. The molecule has 1 saturated heterocycles. The monoisotopic (exact) mass is 444 g/mol. The van der Waals surface area contributed by atoms with Crippen LogP contribution >= 0.6 is 0 Å². The minimum atomic E-state index is -3.53. The number of pyridine rings is 1. The third-order valence-corrected chi connectivity index (χ3v) is 8.47. The van der Waals surface area contributed by atoms with E-state index in [1.165, 1.54) is 9.87 Å². The van der Waals surface area contributed by atoms with Crippen LogP contribution in [0.2, 0.25) is 0 Å². The van der Waals surface area contributed by atoms with E-state index < -0.39 is 10.2 Å². The number of aromatic nitrogens is 3. The Kier molecular flexibility index (Phi) is 6.55. The number of rotatable bonds is 7. The van der Waals surface area contributed by atoms with Crippen molar-refractivity contribution in [3.05, 3.63) is 47.2 Å². The highest BCUT2D eigenvalue weighted by molar-refractivity contribution is 7.86. The minimum Gasteiger partial charge on any atom is -0.350 e. The molecule has 2 aromatic heterocycles. The van der Waals surface area contributed by atoms with E-state index in [1.54, 1.807) is 4.31 Å². The molecular formula is C22H32N6O2S. The fourth-order valence-electron chi connectivity index (χ4n) is 4.67. The summed E-state index contributed by atoms with van der Waals surface area (Å²) in [6.45, 7) is 8.81. The lowest BCUT2D eigenvalue weighted by atomic mass is 10.0. The van der Waals surface area contributed by atoms with Gasteiger partial charge in [-0.05, 0) is 44.7 Å². The lowest BCUT2D eigenvalue weighted by Crippen LogP contribution is -2.43. The molecule has 2 aliphatic rings. The molecule has 0 aliphatic carbocycles. The second-order valence-electron chi connectivity index (χ2n) is 8.18. The SMILES string of the molecule is CCN(CC)S(=O)(=O)N1CCC[C@H]1c1nc(C)c2c(n1)N(Cc1ccccn1)CCC2. The Balaban J connectivity index is 1.68. The highest BCUT2D eigenvalue weighted by Gasteiger charge is 2.40. The van der Waals surface area contributed by atoms with Gasteiger partial charge in [0.2, 0.25) is 0 Å². The topological polar surface area (TPSA) is 82.5 Å². The van der Waals surface area contributed by atoms with Gasteiger partial charge in [-0.2, -0.15) is 17.0 Å². The summed E-state index contributed by atoms with van der Waals surface area (Å²) in [7, 11) is -3.53. The Morgan fingerprint density at radius 1 is 1.13 bits per heavy atom. The van der Waals surface area contributed by atoms with Crippen LogP contribution < -0.4 is 4.90 Å². The zero-order valence-electron chi connectivity index (χ0n) is 18.7. The highest BCUT2D eigenvalue weighted by atomic mass is 32.2. The summed E-state index contributed by atoms with van der Waals surface area (Å²) >= 11 is 0. The Hall–Kier alpha value is -2.10. The van der Waals surface area contributed by atoms with E-state index in [0.717, 1.165) is 49.4 Å². The number of anilines is 1. The van der Waals surface area contributed by atoms with Crippen molar-refractivity contribution in [3.63, 3.8) is 0 Å². The molecule has 2 aliphatic heterocycles. The van der Waals surface area contributed by atoms with E-state index in [9.17, 15) is 8.42 Å². The molecular weight excluding hydrogens is 412 g/mol. The number of nitrogens with zero attached hydrogens (tertiary/aromatic N) is 6. The fraction of sp³-hybridized carbons (Fsp3) is 0.591. The zero-order chi connectivity index (χ0) is 22.0. The van der Waals surface area contributed by atoms with Crippen molar-refractivity contribution < 1.29 is 8.42 Å². The Labute approximate surface area is 185 Å². The molecule has 1 atom stereocenters. The highest BCUT2D eigenvalue weighted by Crippen LogP contribution is 2.36. The van der Waals surface area contributed by atoms with Gasteiger partial charge >= 0.3 is 0 Å². The van der Waals surface area contributed by atoms with E-state index in [-0.39, 0.29) is 6.04 Å². The number of fused-ring (bicyclic) bond motifs is 1. The van der Waals surface area contributed by atoms with Crippen LogP contribution in [0, 0.1) is 6.92 Å². The molecule has 0 saturated carbocycles. The van der Waals surface area contributed by atoms with Gasteiger partial charge in [-0.25, -0.2) is 9.97 Å². The summed E-state index contributed by atoms with van der Waals surface area (Å²) in [4.78, 5) is 16.5. The van der Waals surface area contributed by atoms with Crippen molar-refractivity contribution in [1.29, 1.82) is 0 Å². The molecule has 0 amide bonds. The van der Waals surface area contributed by atoms with Crippen LogP contribution in [-0.2, 0) is 23.2 Å². The second kappa shape index (κ2) is 9.18. The number of hydrogen-bond acceptors (Lipinski definition) is 6. The van der Waals surface area contributed by atoms with Crippen LogP contribution in [0.4, 0.5) is 5.82 Å². The Bertz CT molecular complexity index is 1010. The Morgan fingerprint density at radius 2 is 1.94 bits per heavy atom. The molecule has 0 radical (unpaired) electrons. The predicted molar refractivity (Wildman–Crippen MR) is 121 cm³/mol. The maximum atomic E-state index is 13.2. The van der Waals surface area contributed by atoms with Crippen molar-refractivity contribution in [1.82, 2.24) is 23.6 Å². The summed E-state index contributed by atoms with van der Waals surface area (Å²) in [5.74, 6) is 1.56. The first-order valence-corrected chi connectivity index (χ1v) is 12.6. The van der Waals surface area contributed by atoms with Crippen LogP contribution in [0.5, 0.6) is 0 Å². The van der Waals surface area contributed by atoms with Gasteiger partial charge in [-0.3, -0.25) is 4.98 Å². The average Bonchev–Trinajstić information content (AvgIpc) is 3.27. The van der Waals surface area contributed by atoms with Crippen LogP contribution in [0.1, 0.15) is 61.9 Å². The van der Waals surface area contributed by atoms with Crippen molar-refractivity contribution in [2.75, 3.05) is 31.1 Å². The summed E-state index contributed by atoms with van der Waals surface area (Å²) in [5, 5.41) is 0. The third-order valence-electron chi connectivity index (χ3n) is 6.27. The minimum absolute atomic E-state index is 0.312. The average molecular weight is 445 g/mol.